The first-order chi connectivity index (χ1) is 10.2. The number of hydrogen-bond acceptors (Lipinski definition) is 4. The smallest absolute Gasteiger partial charge is 0.175 e. The lowest BCUT2D eigenvalue weighted by molar-refractivity contribution is 0.353. The first-order valence-corrected chi connectivity index (χ1v) is 7.21. The van der Waals surface area contributed by atoms with Crippen molar-refractivity contribution in [2.24, 2.45) is 5.10 Å². The molecule has 0 saturated carbocycles. The Morgan fingerprint density at radius 1 is 1.05 bits per heavy atom. The standard InChI is InChI=1S/C16H17BrN2O2/c1-11-4-7-13(8-5-11)19-18-10-12-6-9-14(20-2)16(21-3)15(12)17/h4-10,19H,1-3H3/b18-10+. The highest BCUT2D eigenvalue weighted by atomic mass is 79.9. The third kappa shape index (κ3) is 3.76. The second-order valence-electron chi connectivity index (χ2n) is 4.44. The van der Waals surface area contributed by atoms with E-state index in [0.29, 0.717) is 11.5 Å². The molecule has 2 rings (SSSR count). The molecule has 1 N–H and O–H groups in total. The summed E-state index contributed by atoms with van der Waals surface area (Å²) in [6.07, 6.45) is 1.73. The van der Waals surface area contributed by atoms with Gasteiger partial charge in [0.25, 0.3) is 0 Å². The van der Waals surface area contributed by atoms with Crippen molar-refractivity contribution in [1.29, 1.82) is 0 Å². The van der Waals surface area contributed by atoms with Crippen molar-refractivity contribution >= 4 is 27.8 Å². The molecule has 2 aromatic carbocycles. The number of ether oxygens (including phenoxy) is 2. The van der Waals surface area contributed by atoms with E-state index in [4.69, 9.17) is 9.47 Å². The number of benzene rings is 2. The van der Waals surface area contributed by atoms with Gasteiger partial charge in [-0.15, -0.1) is 0 Å². The van der Waals surface area contributed by atoms with Crippen LogP contribution in [0.1, 0.15) is 11.1 Å². The highest BCUT2D eigenvalue weighted by Crippen LogP contribution is 2.36. The second kappa shape index (κ2) is 7.13. The molecule has 2 aromatic rings. The zero-order valence-corrected chi connectivity index (χ0v) is 13.8. The van der Waals surface area contributed by atoms with Gasteiger partial charge in [-0.3, -0.25) is 5.43 Å². The van der Waals surface area contributed by atoms with Crippen LogP contribution in [0.2, 0.25) is 0 Å². The summed E-state index contributed by atoms with van der Waals surface area (Å²) in [5.74, 6) is 1.32. The molecule has 110 valence electrons. The number of halogens is 1. The maximum Gasteiger partial charge on any atom is 0.175 e. The summed E-state index contributed by atoms with van der Waals surface area (Å²) in [4.78, 5) is 0. The van der Waals surface area contributed by atoms with Crippen LogP contribution in [0.25, 0.3) is 0 Å². The third-order valence-corrected chi connectivity index (χ3v) is 3.78. The third-order valence-electron chi connectivity index (χ3n) is 2.96. The number of hydrazone groups is 1. The highest BCUT2D eigenvalue weighted by Gasteiger charge is 2.11. The van der Waals surface area contributed by atoms with Crippen molar-refractivity contribution in [1.82, 2.24) is 0 Å². The first kappa shape index (κ1) is 15.4. The molecule has 4 nitrogen and oxygen atoms in total. The van der Waals surface area contributed by atoms with Gasteiger partial charge in [0, 0.05) is 5.56 Å². The zero-order chi connectivity index (χ0) is 15.2. The molecule has 5 heteroatoms. The van der Waals surface area contributed by atoms with E-state index < -0.39 is 0 Å². The maximum atomic E-state index is 5.33. The summed E-state index contributed by atoms with van der Waals surface area (Å²) in [7, 11) is 3.21. The van der Waals surface area contributed by atoms with Crippen molar-refractivity contribution in [2.75, 3.05) is 19.6 Å². The molecule has 21 heavy (non-hydrogen) atoms. The first-order valence-electron chi connectivity index (χ1n) is 6.42. The second-order valence-corrected chi connectivity index (χ2v) is 5.23. The summed E-state index contributed by atoms with van der Waals surface area (Å²) < 4.78 is 11.4. The van der Waals surface area contributed by atoms with Crippen LogP contribution >= 0.6 is 15.9 Å². The number of methoxy groups -OCH3 is 2. The van der Waals surface area contributed by atoms with Gasteiger partial charge in [0.15, 0.2) is 11.5 Å². The number of anilines is 1. The van der Waals surface area contributed by atoms with E-state index in [2.05, 4.69) is 26.5 Å². The van der Waals surface area contributed by atoms with Crippen molar-refractivity contribution < 1.29 is 9.47 Å². The predicted octanol–water partition coefficient (Wildman–Crippen LogP) is 4.22. The van der Waals surface area contributed by atoms with Gasteiger partial charge in [-0.1, -0.05) is 17.7 Å². The molecule has 0 heterocycles. The predicted molar refractivity (Wildman–Crippen MR) is 89.6 cm³/mol. The molecule has 0 amide bonds. The molecule has 0 aliphatic carbocycles. The van der Waals surface area contributed by atoms with Crippen LogP contribution in [0, 0.1) is 6.92 Å². The van der Waals surface area contributed by atoms with Crippen molar-refractivity contribution in [3.05, 3.63) is 52.0 Å². The summed E-state index contributed by atoms with van der Waals surface area (Å²) in [6, 6.07) is 11.8. The van der Waals surface area contributed by atoms with E-state index in [1.807, 2.05) is 43.3 Å². The average Bonchev–Trinajstić information content (AvgIpc) is 2.50. The topological polar surface area (TPSA) is 42.8 Å². The molecule has 0 fully saturated rings. The fraction of sp³-hybridized carbons (Fsp3) is 0.188. The Hall–Kier alpha value is -2.01. The minimum absolute atomic E-state index is 0.650. The Labute approximate surface area is 132 Å². The number of nitrogens with one attached hydrogen (secondary N) is 1. The quantitative estimate of drug-likeness (QED) is 0.649. The van der Waals surface area contributed by atoms with Gasteiger partial charge < -0.3 is 9.47 Å². The Morgan fingerprint density at radius 2 is 1.76 bits per heavy atom. The molecule has 0 aliphatic heterocycles. The van der Waals surface area contributed by atoms with E-state index in [1.54, 1.807) is 20.4 Å². The maximum absolute atomic E-state index is 5.33. The minimum Gasteiger partial charge on any atom is -0.493 e. The number of hydrogen-bond donors (Lipinski definition) is 1. The van der Waals surface area contributed by atoms with Crippen molar-refractivity contribution in [3.63, 3.8) is 0 Å². The van der Waals surface area contributed by atoms with E-state index in [9.17, 15) is 0 Å². The lowest BCUT2D eigenvalue weighted by Crippen LogP contribution is -1.96. The Bertz CT molecular complexity index is 639. The van der Waals surface area contributed by atoms with Gasteiger partial charge in [-0.25, -0.2) is 0 Å². The van der Waals surface area contributed by atoms with Gasteiger partial charge in [0.05, 0.1) is 30.6 Å². The number of nitrogens with zero attached hydrogens (tertiary/aromatic N) is 1. The SMILES string of the molecule is COc1ccc(/C=N/Nc2ccc(C)cc2)c(Br)c1OC. The van der Waals surface area contributed by atoms with Crippen LogP contribution in [0.15, 0.2) is 46.0 Å². The summed E-state index contributed by atoms with van der Waals surface area (Å²) in [5, 5.41) is 4.23. The Morgan fingerprint density at radius 3 is 2.38 bits per heavy atom. The normalized spacial score (nSPS) is 10.7. The van der Waals surface area contributed by atoms with Crippen LogP contribution < -0.4 is 14.9 Å². The molecule has 0 unspecified atom stereocenters. The lowest BCUT2D eigenvalue weighted by Gasteiger charge is -2.10. The van der Waals surface area contributed by atoms with Gasteiger partial charge in [-0.2, -0.15) is 5.10 Å². The van der Waals surface area contributed by atoms with E-state index in [-0.39, 0.29) is 0 Å². The lowest BCUT2D eigenvalue weighted by atomic mass is 10.2. The number of aryl methyl sites for hydroxylation is 1. The van der Waals surface area contributed by atoms with E-state index >= 15 is 0 Å². The molecule has 0 radical (unpaired) electrons. The van der Waals surface area contributed by atoms with Crippen LogP contribution in [0.3, 0.4) is 0 Å². The molecule has 0 saturated heterocycles. The molecule has 0 spiro atoms. The van der Waals surface area contributed by atoms with Gasteiger partial charge in [-0.05, 0) is 47.1 Å². The molecule has 0 bridgehead atoms. The van der Waals surface area contributed by atoms with Gasteiger partial charge in [0.1, 0.15) is 0 Å². The van der Waals surface area contributed by atoms with Crippen molar-refractivity contribution in [2.45, 2.75) is 6.92 Å². The summed E-state index contributed by atoms with van der Waals surface area (Å²) >= 11 is 3.51. The van der Waals surface area contributed by atoms with Crippen LogP contribution in [0.5, 0.6) is 11.5 Å². The van der Waals surface area contributed by atoms with Crippen LogP contribution in [-0.4, -0.2) is 20.4 Å². The fourth-order valence-corrected chi connectivity index (χ4v) is 2.40. The van der Waals surface area contributed by atoms with Crippen LogP contribution in [-0.2, 0) is 0 Å². The Kier molecular flexibility index (Phi) is 5.22. The summed E-state index contributed by atoms with van der Waals surface area (Å²) in [6.45, 7) is 2.05. The Balaban J connectivity index is 2.15. The van der Waals surface area contributed by atoms with Gasteiger partial charge >= 0.3 is 0 Å². The van der Waals surface area contributed by atoms with E-state index in [1.165, 1.54) is 5.56 Å². The number of rotatable bonds is 5. The van der Waals surface area contributed by atoms with Crippen molar-refractivity contribution in [3.8, 4) is 11.5 Å². The molecular formula is C16H17BrN2O2. The fourth-order valence-electron chi connectivity index (χ4n) is 1.81. The summed E-state index contributed by atoms with van der Waals surface area (Å²) in [5.41, 5.74) is 6.04. The molecule has 0 atom stereocenters. The molecular weight excluding hydrogens is 332 g/mol. The average molecular weight is 349 g/mol. The largest absolute Gasteiger partial charge is 0.493 e. The monoisotopic (exact) mass is 348 g/mol. The van der Waals surface area contributed by atoms with Crippen LogP contribution in [0.4, 0.5) is 5.69 Å². The highest BCUT2D eigenvalue weighted by molar-refractivity contribution is 9.10. The van der Waals surface area contributed by atoms with Gasteiger partial charge in [0.2, 0.25) is 0 Å². The molecule has 0 aliphatic rings. The molecule has 0 aromatic heterocycles. The van der Waals surface area contributed by atoms with E-state index in [0.717, 1.165) is 15.7 Å². The minimum atomic E-state index is 0.650. The zero-order valence-electron chi connectivity index (χ0n) is 12.2.